The van der Waals surface area contributed by atoms with E-state index in [9.17, 15) is 4.39 Å². The molecule has 1 saturated carbocycles. The summed E-state index contributed by atoms with van der Waals surface area (Å²) in [7, 11) is 2.03. The summed E-state index contributed by atoms with van der Waals surface area (Å²) in [5, 5.41) is 0. The second kappa shape index (κ2) is 4.05. The Hall–Kier alpha value is -0.110. The summed E-state index contributed by atoms with van der Waals surface area (Å²) in [5.74, 6) is 0. The van der Waals surface area contributed by atoms with Crippen LogP contribution >= 0.6 is 0 Å². The number of hydrogen-bond donors (Lipinski definition) is 0. The molecule has 1 aliphatic rings. The number of nitrogens with zero attached hydrogens (tertiary/aromatic N) is 1. The van der Waals surface area contributed by atoms with Gasteiger partial charge in [-0.05, 0) is 26.3 Å². The van der Waals surface area contributed by atoms with Crippen LogP contribution in [0.2, 0.25) is 0 Å². The van der Waals surface area contributed by atoms with Crippen molar-refractivity contribution in [3.63, 3.8) is 0 Å². The first-order chi connectivity index (χ1) is 5.24. The van der Waals surface area contributed by atoms with Crippen molar-refractivity contribution in [1.29, 1.82) is 0 Å². The van der Waals surface area contributed by atoms with Crippen molar-refractivity contribution < 1.29 is 4.39 Å². The zero-order valence-electron chi connectivity index (χ0n) is 7.52. The second-order valence-corrected chi connectivity index (χ2v) is 3.53. The molecule has 0 radical (unpaired) electrons. The maximum atomic E-state index is 12.9. The van der Waals surface area contributed by atoms with Gasteiger partial charge in [-0.15, -0.1) is 0 Å². The fourth-order valence-corrected chi connectivity index (χ4v) is 1.42. The Morgan fingerprint density at radius 2 is 2.18 bits per heavy atom. The molecule has 0 aromatic rings. The van der Waals surface area contributed by atoms with E-state index in [0.29, 0.717) is 19.0 Å². The first kappa shape index (κ1) is 8.98. The van der Waals surface area contributed by atoms with Crippen LogP contribution < -0.4 is 0 Å². The maximum Gasteiger partial charge on any atom is 0.112 e. The van der Waals surface area contributed by atoms with Gasteiger partial charge in [0.05, 0.1) is 0 Å². The molecule has 0 spiro atoms. The topological polar surface area (TPSA) is 3.24 Å². The molecule has 0 saturated heterocycles. The first-order valence-electron chi connectivity index (χ1n) is 4.58. The molecule has 1 atom stereocenters. The first-order valence-corrected chi connectivity index (χ1v) is 4.58. The van der Waals surface area contributed by atoms with Gasteiger partial charge in [0.15, 0.2) is 0 Å². The molecule has 66 valence electrons. The van der Waals surface area contributed by atoms with Crippen molar-refractivity contribution in [3.8, 4) is 0 Å². The summed E-state index contributed by atoms with van der Waals surface area (Å²) < 4.78 is 12.9. The van der Waals surface area contributed by atoms with Crippen LogP contribution in [0.1, 0.15) is 32.6 Å². The average Bonchev–Trinajstić information content (AvgIpc) is 1.83. The summed E-state index contributed by atoms with van der Waals surface area (Å²) in [5.41, 5.74) is 0. The molecule has 1 fully saturated rings. The monoisotopic (exact) mass is 159 g/mol. The average molecular weight is 159 g/mol. The molecule has 1 nitrogen and oxygen atoms in total. The third-order valence-corrected chi connectivity index (χ3v) is 2.63. The summed E-state index contributed by atoms with van der Waals surface area (Å²) >= 11 is 0. The zero-order valence-corrected chi connectivity index (χ0v) is 7.52. The van der Waals surface area contributed by atoms with Crippen molar-refractivity contribution in [1.82, 2.24) is 4.90 Å². The minimum absolute atomic E-state index is 0.624. The van der Waals surface area contributed by atoms with Gasteiger partial charge in [0.1, 0.15) is 6.17 Å². The molecule has 0 amide bonds. The third kappa shape index (κ3) is 2.44. The van der Waals surface area contributed by atoms with E-state index in [1.54, 1.807) is 0 Å². The minimum atomic E-state index is -0.624. The molecule has 1 rings (SSSR count). The fourth-order valence-electron chi connectivity index (χ4n) is 1.42. The molecule has 0 bridgehead atoms. The van der Waals surface area contributed by atoms with Crippen LogP contribution in [0.4, 0.5) is 4.39 Å². The van der Waals surface area contributed by atoms with E-state index in [0.717, 1.165) is 0 Å². The largest absolute Gasteiger partial charge is 0.301 e. The molecular formula is C9H18FN. The maximum absolute atomic E-state index is 12.9. The lowest BCUT2D eigenvalue weighted by atomic mass is 9.92. The fraction of sp³-hybridized carbons (Fsp3) is 1.00. The molecule has 0 aromatic heterocycles. The van der Waals surface area contributed by atoms with Gasteiger partial charge in [-0.3, -0.25) is 0 Å². The van der Waals surface area contributed by atoms with E-state index in [4.69, 9.17) is 0 Å². The number of alkyl halides is 1. The van der Waals surface area contributed by atoms with Crippen LogP contribution in [-0.2, 0) is 0 Å². The van der Waals surface area contributed by atoms with Gasteiger partial charge in [0, 0.05) is 12.6 Å². The predicted molar refractivity (Wildman–Crippen MR) is 45.5 cm³/mol. The van der Waals surface area contributed by atoms with Gasteiger partial charge in [0.25, 0.3) is 0 Å². The van der Waals surface area contributed by atoms with Crippen molar-refractivity contribution in [2.75, 3.05) is 13.6 Å². The van der Waals surface area contributed by atoms with Gasteiger partial charge < -0.3 is 4.90 Å². The smallest absolute Gasteiger partial charge is 0.112 e. The lowest BCUT2D eigenvalue weighted by Gasteiger charge is -2.35. The number of hydrogen-bond acceptors (Lipinski definition) is 1. The van der Waals surface area contributed by atoms with E-state index in [1.807, 2.05) is 14.0 Å². The Morgan fingerprint density at radius 1 is 1.55 bits per heavy atom. The van der Waals surface area contributed by atoms with E-state index in [2.05, 4.69) is 4.90 Å². The molecule has 1 aliphatic carbocycles. The van der Waals surface area contributed by atoms with Gasteiger partial charge in [-0.25, -0.2) is 4.39 Å². The molecular weight excluding hydrogens is 141 g/mol. The van der Waals surface area contributed by atoms with Crippen LogP contribution in [0, 0.1) is 0 Å². The summed E-state index contributed by atoms with van der Waals surface area (Å²) in [6.07, 6.45) is 3.90. The van der Waals surface area contributed by atoms with Gasteiger partial charge >= 0.3 is 0 Å². The molecule has 0 N–H and O–H groups in total. The van der Waals surface area contributed by atoms with Gasteiger partial charge in [-0.1, -0.05) is 13.3 Å². The van der Waals surface area contributed by atoms with Gasteiger partial charge in [0.2, 0.25) is 0 Å². The SMILES string of the molecule is CC[C@@H](F)CN(C)C1CCC1. The lowest BCUT2D eigenvalue weighted by molar-refractivity contribution is 0.120. The lowest BCUT2D eigenvalue weighted by Crippen LogP contribution is -2.40. The quantitative estimate of drug-likeness (QED) is 0.608. The molecule has 0 heterocycles. The highest BCUT2D eigenvalue weighted by molar-refractivity contribution is 4.78. The minimum Gasteiger partial charge on any atom is -0.301 e. The van der Waals surface area contributed by atoms with Crippen LogP contribution in [-0.4, -0.2) is 30.7 Å². The summed E-state index contributed by atoms with van der Waals surface area (Å²) in [6, 6.07) is 0.680. The van der Waals surface area contributed by atoms with Crippen LogP contribution in [0.3, 0.4) is 0 Å². The van der Waals surface area contributed by atoms with E-state index < -0.39 is 6.17 Å². The molecule has 11 heavy (non-hydrogen) atoms. The summed E-state index contributed by atoms with van der Waals surface area (Å²) in [6.45, 7) is 2.53. The van der Waals surface area contributed by atoms with Crippen LogP contribution in [0.15, 0.2) is 0 Å². The number of halogens is 1. The van der Waals surface area contributed by atoms with Crippen LogP contribution in [0.25, 0.3) is 0 Å². The standard InChI is InChI=1S/C9H18FN/c1-3-8(10)7-11(2)9-5-4-6-9/h8-9H,3-7H2,1-2H3/t8-/m1/s1. The Bertz CT molecular complexity index is 112. The highest BCUT2D eigenvalue weighted by atomic mass is 19.1. The Kier molecular flexibility index (Phi) is 3.31. The zero-order chi connectivity index (χ0) is 8.27. The van der Waals surface area contributed by atoms with Crippen molar-refractivity contribution in [2.24, 2.45) is 0 Å². The summed E-state index contributed by atoms with van der Waals surface area (Å²) in [4.78, 5) is 2.16. The highest BCUT2D eigenvalue weighted by Gasteiger charge is 2.23. The van der Waals surface area contributed by atoms with E-state index >= 15 is 0 Å². The van der Waals surface area contributed by atoms with Crippen molar-refractivity contribution >= 4 is 0 Å². The predicted octanol–water partition coefficient (Wildman–Crippen LogP) is 2.22. The van der Waals surface area contributed by atoms with Crippen molar-refractivity contribution in [2.45, 2.75) is 44.8 Å². The normalized spacial score (nSPS) is 21.8. The third-order valence-electron chi connectivity index (χ3n) is 2.63. The molecule has 0 aromatic carbocycles. The van der Waals surface area contributed by atoms with Crippen molar-refractivity contribution in [3.05, 3.63) is 0 Å². The van der Waals surface area contributed by atoms with E-state index in [-0.39, 0.29) is 0 Å². The Morgan fingerprint density at radius 3 is 2.55 bits per heavy atom. The van der Waals surface area contributed by atoms with Gasteiger partial charge in [-0.2, -0.15) is 0 Å². The van der Waals surface area contributed by atoms with Crippen LogP contribution in [0.5, 0.6) is 0 Å². The Labute approximate surface area is 68.6 Å². The second-order valence-electron chi connectivity index (χ2n) is 3.53. The Balaban J connectivity index is 2.13. The molecule has 0 aliphatic heterocycles. The number of rotatable bonds is 4. The molecule has 0 unspecified atom stereocenters. The highest BCUT2D eigenvalue weighted by Crippen LogP contribution is 2.23. The van der Waals surface area contributed by atoms with E-state index in [1.165, 1.54) is 19.3 Å². The molecule has 2 heteroatoms.